The molecule has 1 fully saturated rings. The SMILES string of the molecule is COc1ccc(Cl)cc1/C=C/C(=O)NCC1CCS(=O)(=O)C1. The van der Waals surface area contributed by atoms with Crippen molar-refractivity contribution < 1.29 is 17.9 Å². The van der Waals surface area contributed by atoms with E-state index in [1.807, 2.05) is 0 Å². The van der Waals surface area contributed by atoms with Crippen molar-refractivity contribution in [3.05, 3.63) is 34.9 Å². The summed E-state index contributed by atoms with van der Waals surface area (Å²) in [6, 6.07) is 5.13. The van der Waals surface area contributed by atoms with Gasteiger partial charge in [0.25, 0.3) is 0 Å². The monoisotopic (exact) mass is 343 g/mol. The molecule has 0 spiro atoms. The Morgan fingerprint density at radius 2 is 2.27 bits per heavy atom. The number of amides is 1. The van der Waals surface area contributed by atoms with Crippen molar-refractivity contribution >= 4 is 33.4 Å². The van der Waals surface area contributed by atoms with Gasteiger partial charge in [-0.2, -0.15) is 0 Å². The van der Waals surface area contributed by atoms with Crippen LogP contribution < -0.4 is 10.1 Å². The molecular formula is C15H18ClNO4S. The molecule has 7 heteroatoms. The number of ether oxygens (including phenoxy) is 1. The van der Waals surface area contributed by atoms with Crippen molar-refractivity contribution in [1.29, 1.82) is 0 Å². The van der Waals surface area contributed by atoms with Crippen LogP contribution in [0.15, 0.2) is 24.3 Å². The summed E-state index contributed by atoms with van der Waals surface area (Å²) in [6.07, 6.45) is 3.61. The molecule has 1 saturated heterocycles. The van der Waals surface area contributed by atoms with E-state index in [1.165, 1.54) is 6.08 Å². The number of hydrogen-bond acceptors (Lipinski definition) is 4. The summed E-state index contributed by atoms with van der Waals surface area (Å²) >= 11 is 5.92. The highest BCUT2D eigenvalue weighted by Crippen LogP contribution is 2.23. The molecule has 0 bridgehead atoms. The van der Waals surface area contributed by atoms with Gasteiger partial charge in [0.2, 0.25) is 5.91 Å². The fourth-order valence-electron chi connectivity index (χ4n) is 2.34. The minimum Gasteiger partial charge on any atom is -0.496 e. The standard InChI is InChI=1S/C15H18ClNO4S/c1-21-14-4-3-13(16)8-12(14)2-5-15(18)17-9-11-6-7-22(19,20)10-11/h2-5,8,11H,6-7,9-10H2,1H3,(H,17,18)/b5-2+. The van der Waals surface area contributed by atoms with E-state index in [2.05, 4.69) is 5.32 Å². The normalized spacial score (nSPS) is 20.2. The smallest absolute Gasteiger partial charge is 0.244 e. The largest absolute Gasteiger partial charge is 0.496 e. The van der Waals surface area contributed by atoms with E-state index in [-0.39, 0.29) is 23.3 Å². The van der Waals surface area contributed by atoms with Gasteiger partial charge < -0.3 is 10.1 Å². The van der Waals surface area contributed by atoms with Gasteiger partial charge >= 0.3 is 0 Å². The molecule has 1 aromatic carbocycles. The van der Waals surface area contributed by atoms with E-state index < -0.39 is 9.84 Å². The molecule has 1 N–H and O–H groups in total. The van der Waals surface area contributed by atoms with Crippen LogP contribution in [-0.2, 0) is 14.6 Å². The zero-order valence-corrected chi connectivity index (χ0v) is 13.8. The molecule has 5 nitrogen and oxygen atoms in total. The van der Waals surface area contributed by atoms with Crippen LogP contribution in [0.4, 0.5) is 0 Å². The van der Waals surface area contributed by atoms with Crippen molar-refractivity contribution in [3.63, 3.8) is 0 Å². The lowest BCUT2D eigenvalue weighted by atomic mass is 10.1. The number of nitrogens with one attached hydrogen (secondary N) is 1. The van der Waals surface area contributed by atoms with Crippen molar-refractivity contribution in [2.24, 2.45) is 5.92 Å². The molecule has 1 heterocycles. The quantitative estimate of drug-likeness (QED) is 0.829. The topological polar surface area (TPSA) is 72.5 Å². The Morgan fingerprint density at radius 1 is 1.50 bits per heavy atom. The van der Waals surface area contributed by atoms with Gasteiger partial charge in [0, 0.05) is 23.2 Å². The molecule has 0 saturated carbocycles. The highest BCUT2D eigenvalue weighted by atomic mass is 35.5. The Bertz CT molecular complexity index is 685. The Hall–Kier alpha value is -1.53. The fourth-order valence-corrected chi connectivity index (χ4v) is 4.38. The number of carbonyl (C=O) groups is 1. The minimum atomic E-state index is -2.91. The average Bonchev–Trinajstić information content (AvgIpc) is 2.82. The van der Waals surface area contributed by atoms with Gasteiger partial charge in [0.15, 0.2) is 9.84 Å². The van der Waals surface area contributed by atoms with Gasteiger partial charge in [0.1, 0.15) is 5.75 Å². The van der Waals surface area contributed by atoms with E-state index in [0.717, 1.165) is 0 Å². The third-order valence-corrected chi connectivity index (χ3v) is 5.57. The molecule has 0 aliphatic carbocycles. The number of halogens is 1. The summed E-state index contributed by atoms with van der Waals surface area (Å²) in [5.74, 6) is 0.715. The first kappa shape index (κ1) is 16.8. The van der Waals surface area contributed by atoms with Crippen molar-refractivity contribution in [2.45, 2.75) is 6.42 Å². The van der Waals surface area contributed by atoms with Gasteiger partial charge in [0.05, 0.1) is 18.6 Å². The highest BCUT2D eigenvalue weighted by Gasteiger charge is 2.27. The lowest BCUT2D eigenvalue weighted by Crippen LogP contribution is -2.28. The Labute approximate surface area is 135 Å². The van der Waals surface area contributed by atoms with Crippen LogP contribution in [0, 0.1) is 5.92 Å². The molecule has 1 amide bonds. The fraction of sp³-hybridized carbons (Fsp3) is 0.400. The third-order valence-electron chi connectivity index (χ3n) is 3.50. The molecule has 1 aromatic rings. The number of benzene rings is 1. The molecule has 120 valence electrons. The second kappa shape index (κ2) is 7.15. The molecule has 1 atom stereocenters. The molecule has 1 unspecified atom stereocenters. The number of hydrogen-bond donors (Lipinski definition) is 1. The van der Waals surface area contributed by atoms with Gasteiger partial charge in [-0.15, -0.1) is 0 Å². The van der Waals surface area contributed by atoms with Crippen LogP contribution in [0.5, 0.6) is 5.75 Å². The van der Waals surface area contributed by atoms with Crippen LogP contribution in [0.3, 0.4) is 0 Å². The molecule has 22 heavy (non-hydrogen) atoms. The Morgan fingerprint density at radius 3 is 2.91 bits per heavy atom. The predicted octanol–water partition coefficient (Wildman–Crippen LogP) is 1.91. The first-order valence-corrected chi connectivity index (χ1v) is 9.09. The Balaban J connectivity index is 1.91. The maximum Gasteiger partial charge on any atom is 0.244 e. The predicted molar refractivity (Wildman–Crippen MR) is 86.8 cm³/mol. The molecular weight excluding hydrogens is 326 g/mol. The zero-order valence-electron chi connectivity index (χ0n) is 12.2. The van der Waals surface area contributed by atoms with Gasteiger partial charge in [-0.05, 0) is 36.6 Å². The van der Waals surface area contributed by atoms with E-state index in [0.29, 0.717) is 29.3 Å². The lowest BCUT2D eigenvalue weighted by molar-refractivity contribution is -0.116. The van der Waals surface area contributed by atoms with E-state index in [9.17, 15) is 13.2 Å². The number of sulfone groups is 1. The second-order valence-corrected chi connectivity index (χ2v) is 7.90. The van der Waals surface area contributed by atoms with Gasteiger partial charge in [-0.1, -0.05) is 11.6 Å². The van der Waals surface area contributed by atoms with Gasteiger partial charge in [-0.3, -0.25) is 4.79 Å². The molecule has 2 rings (SSSR count). The highest BCUT2D eigenvalue weighted by molar-refractivity contribution is 7.91. The van der Waals surface area contributed by atoms with Crippen LogP contribution in [0.25, 0.3) is 6.08 Å². The Kier molecular flexibility index (Phi) is 5.47. The number of carbonyl (C=O) groups excluding carboxylic acids is 1. The molecule has 0 radical (unpaired) electrons. The summed E-state index contributed by atoms with van der Waals surface area (Å²) in [5, 5.41) is 3.27. The van der Waals surface area contributed by atoms with Crippen LogP contribution in [0.2, 0.25) is 5.02 Å². The average molecular weight is 344 g/mol. The maximum atomic E-state index is 11.8. The molecule has 0 aromatic heterocycles. The first-order chi connectivity index (χ1) is 10.4. The summed E-state index contributed by atoms with van der Waals surface area (Å²) in [5.41, 5.74) is 0.702. The summed E-state index contributed by atoms with van der Waals surface area (Å²) in [7, 11) is -1.37. The van der Waals surface area contributed by atoms with Crippen molar-refractivity contribution in [3.8, 4) is 5.75 Å². The number of methoxy groups -OCH3 is 1. The van der Waals surface area contributed by atoms with Gasteiger partial charge in [-0.25, -0.2) is 8.42 Å². The number of rotatable bonds is 5. The summed E-state index contributed by atoms with van der Waals surface area (Å²) in [6.45, 7) is 0.370. The zero-order chi connectivity index (χ0) is 16.2. The maximum absolute atomic E-state index is 11.8. The van der Waals surface area contributed by atoms with Crippen LogP contribution >= 0.6 is 11.6 Å². The second-order valence-electron chi connectivity index (χ2n) is 5.23. The van der Waals surface area contributed by atoms with E-state index >= 15 is 0 Å². The van der Waals surface area contributed by atoms with Crippen LogP contribution in [-0.4, -0.2) is 39.5 Å². The molecule has 1 aliphatic rings. The lowest BCUT2D eigenvalue weighted by Gasteiger charge is -2.08. The van der Waals surface area contributed by atoms with E-state index in [1.54, 1.807) is 31.4 Å². The first-order valence-electron chi connectivity index (χ1n) is 6.89. The third kappa shape index (κ3) is 4.74. The summed E-state index contributed by atoms with van der Waals surface area (Å²) in [4.78, 5) is 11.8. The van der Waals surface area contributed by atoms with Crippen molar-refractivity contribution in [1.82, 2.24) is 5.32 Å². The minimum absolute atomic E-state index is 0.00283. The van der Waals surface area contributed by atoms with Crippen molar-refractivity contribution in [2.75, 3.05) is 25.2 Å². The molecule has 1 aliphatic heterocycles. The van der Waals surface area contributed by atoms with E-state index in [4.69, 9.17) is 16.3 Å². The summed E-state index contributed by atoms with van der Waals surface area (Å²) < 4.78 is 27.9. The van der Waals surface area contributed by atoms with Crippen LogP contribution in [0.1, 0.15) is 12.0 Å².